The Morgan fingerprint density at radius 1 is 1.00 bits per heavy atom. The zero-order valence-corrected chi connectivity index (χ0v) is 13.1. The standard InChI is InChI=1S/C17H19N5O/c1-13(16-20-14-5-2-3-6-15(14)23-16)21-9-11-22(12-10-21)17-18-7-4-8-19-17/h2-8,13H,9-12H2,1H3. The summed E-state index contributed by atoms with van der Waals surface area (Å²) in [5.41, 5.74) is 1.77. The Balaban J connectivity index is 1.45. The summed E-state index contributed by atoms with van der Waals surface area (Å²) >= 11 is 0. The van der Waals surface area contributed by atoms with Crippen LogP contribution >= 0.6 is 0 Å². The third-order valence-corrected chi connectivity index (χ3v) is 4.36. The molecule has 4 rings (SSSR count). The number of aromatic nitrogens is 3. The summed E-state index contributed by atoms with van der Waals surface area (Å²) in [6.07, 6.45) is 3.57. The molecule has 1 saturated heterocycles. The number of nitrogens with zero attached hydrogens (tertiary/aromatic N) is 5. The molecule has 23 heavy (non-hydrogen) atoms. The van der Waals surface area contributed by atoms with Gasteiger partial charge in [-0.1, -0.05) is 12.1 Å². The van der Waals surface area contributed by atoms with E-state index in [1.165, 1.54) is 0 Å². The van der Waals surface area contributed by atoms with Crippen LogP contribution in [0.5, 0.6) is 0 Å². The molecule has 0 amide bonds. The van der Waals surface area contributed by atoms with E-state index in [0.717, 1.165) is 49.1 Å². The fourth-order valence-corrected chi connectivity index (χ4v) is 2.99. The summed E-state index contributed by atoms with van der Waals surface area (Å²) in [6.45, 7) is 5.86. The molecular weight excluding hydrogens is 290 g/mol. The fraction of sp³-hybridized carbons (Fsp3) is 0.353. The molecule has 6 nitrogen and oxygen atoms in total. The van der Waals surface area contributed by atoms with Crippen molar-refractivity contribution < 1.29 is 4.42 Å². The molecule has 1 aromatic carbocycles. The van der Waals surface area contributed by atoms with Crippen molar-refractivity contribution in [3.05, 3.63) is 48.6 Å². The lowest BCUT2D eigenvalue weighted by molar-refractivity contribution is 0.174. The van der Waals surface area contributed by atoms with E-state index in [1.54, 1.807) is 12.4 Å². The third-order valence-electron chi connectivity index (χ3n) is 4.36. The van der Waals surface area contributed by atoms with Crippen molar-refractivity contribution in [3.63, 3.8) is 0 Å². The highest BCUT2D eigenvalue weighted by atomic mass is 16.3. The predicted molar refractivity (Wildman–Crippen MR) is 88.2 cm³/mol. The van der Waals surface area contributed by atoms with E-state index in [4.69, 9.17) is 4.42 Å². The molecule has 1 aliphatic heterocycles. The van der Waals surface area contributed by atoms with Gasteiger partial charge in [-0.25, -0.2) is 15.0 Å². The first kappa shape index (κ1) is 14.1. The van der Waals surface area contributed by atoms with Crippen molar-refractivity contribution in [3.8, 4) is 0 Å². The molecule has 2 aromatic heterocycles. The first-order valence-electron chi connectivity index (χ1n) is 7.93. The first-order valence-corrected chi connectivity index (χ1v) is 7.93. The molecule has 118 valence electrons. The quantitative estimate of drug-likeness (QED) is 0.741. The maximum Gasteiger partial charge on any atom is 0.225 e. The molecule has 0 N–H and O–H groups in total. The van der Waals surface area contributed by atoms with Crippen LogP contribution in [0, 0.1) is 0 Å². The molecule has 0 radical (unpaired) electrons. The average Bonchev–Trinajstić information content (AvgIpc) is 3.06. The van der Waals surface area contributed by atoms with E-state index in [1.807, 2.05) is 30.3 Å². The summed E-state index contributed by atoms with van der Waals surface area (Å²) in [5.74, 6) is 1.59. The third kappa shape index (κ3) is 2.77. The van der Waals surface area contributed by atoms with Crippen LogP contribution in [0.4, 0.5) is 5.95 Å². The monoisotopic (exact) mass is 309 g/mol. The van der Waals surface area contributed by atoms with Gasteiger partial charge < -0.3 is 9.32 Å². The van der Waals surface area contributed by atoms with Gasteiger partial charge in [0.05, 0.1) is 6.04 Å². The van der Waals surface area contributed by atoms with Crippen molar-refractivity contribution in [2.24, 2.45) is 0 Å². The number of hydrogen-bond donors (Lipinski definition) is 0. The highest BCUT2D eigenvalue weighted by molar-refractivity contribution is 5.72. The summed E-state index contributed by atoms with van der Waals surface area (Å²) < 4.78 is 5.90. The smallest absolute Gasteiger partial charge is 0.225 e. The largest absolute Gasteiger partial charge is 0.439 e. The normalized spacial score (nSPS) is 17.5. The van der Waals surface area contributed by atoms with Gasteiger partial charge in [0, 0.05) is 38.6 Å². The molecule has 1 atom stereocenters. The Bertz CT molecular complexity index is 747. The zero-order chi connectivity index (χ0) is 15.6. The second kappa shape index (κ2) is 5.96. The second-order valence-electron chi connectivity index (χ2n) is 5.77. The van der Waals surface area contributed by atoms with Crippen LogP contribution in [0.1, 0.15) is 18.9 Å². The minimum atomic E-state index is 0.168. The minimum Gasteiger partial charge on any atom is -0.439 e. The number of rotatable bonds is 3. The Kier molecular flexibility index (Phi) is 3.67. The van der Waals surface area contributed by atoms with E-state index >= 15 is 0 Å². The highest BCUT2D eigenvalue weighted by Gasteiger charge is 2.26. The summed E-state index contributed by atoms with van der Waals surface area (Å²) in [7, 11) is 0. The minimum absolute atomic E-state index is 0.168. The second-order valence-corrected chi connectivity index (χ2v) is 5.77. The lowest BCUT2D eigenvalue weighted by Crippen LogP contribution is -2.47. The topological polar surface area (TPSA) is 58.3 Å². The van der Waals surface area contributed by atoms with Gasteiger partial charge in [-0.2, -0.15) is 0 Å². The van der Waals surface area contributed by atoms with Gasteiger partial charge in [0.1, 0.15) is 5.52 Å². The molecule has 1 aliphatic rings. The fourth-order valence-electron chi connectivity index (χ4n) is 2.99. The number of hydrogen-bond acceptors (Lipinski definition) is 6. The van der Waals surface area contributed by atoms with E-state index in [-0.39, 0.29) is 6.04 Å². The van der Waals surface area contributed by atoms with Crippen molar-refractivity contribution in [2.45, 2.75) is 13.0 Å². The lowest BCUT2D eigenvalue weighted by Gasteiger charge is -2.36. The van der Waals surface area contributed by atoms with Crippen LogP contribution in [0.2, 0.25) is 0 Å². The van der Waals surface area contributed by atoms with Crippen LogP contribution in [0.25, 0.3) is 11.1 Å². The molecule has 0 saturated carbocycles. The van der Waals surface area contributed by atoms with Crippen LogP contribution in [0.15, 0.2) is 47.1 Å². The summed E-state index contributed by atoms with van der Waals surface area (Å²) in [6, 6.07) is 9.91. The number of para-hydroxylation sites is 2. The summed E-state index contributed by atoms with van der Waals surface area (Å²) in [5, 5.41) is 0. The number of fused-ring (bicyclic) bond motifs is 1. The predicted octanol–water partition coefficient (Wildman–Crippen LogP) is 2.50. The zero-order valence-electron chi connectivity index (χ0n) is 13.1. The lowest BCUT2D eigenvalue weighted by atomic mass is 10.2. The van der Waals surface area contributed by atoms with E-state index in [9.17, 15) is 0 Å². The van der Waals surface area contributed by atoms with Crippen molar-refractivity contribution in [2.75, 3.05) is 31.1 Å². The molecule has 0 spiro atoms. The van der Waals surface area contributed by atoms with Gasteiger partial charge in [0.15, 0.2) is 5.58 Å². The Morgan fingerprint density at radius 3 is 2.48 bits per heavy atom. The number of oxazole rings is 1. The Morgan fingerprint density at radius 2 is 1.74 bits per heavy atom. The average molecular weight is 309 g/mol. The van der Waals surface area contributed by atoms with Crippen LogP contribution in [-0.2, 0) is 0 Å². The molecule has 0 aliphatic carbocycles. The molecule has 6 heteroatoms. The van der Waals surface area contributed by atoms with Gasteiger partial charge >= 0.3 is 0 Å². The van der Waals surface area contributed by atoms with E-state index in [0.29, 0.717) is 0 Å². The molecule has 1 unspecified atom stereocenters. The highest BCUT2D eigenvalue weighted by Crippen LogP contribution is 2.25. The molecule has 1 fully saturated rings. The molecular formula is C17H19N5O. The van der Waals surface area contributed by atoms with Crippen molar-refractivity contribution in [1.29, 1.82) is 0 Å². The molecule has 0 bridgehead atoms. The van der Waals surface area contributed by atoms with Crippen molar-refractivity contribution >= 4 is 17.0 Å². The Hall–Kier alpha value is -2.47. The van der Waals surface area contributed by atoms with Gasteiger partial charge in [0.25, 0.3) is 0 Å². The van der Waals surface area contributed by atoms with Gasteiger partial charge in [-0.3, -0.25) is 4.90 Å². The maximum absolute atomic E-state index is 5.90. The van der Waals surface area contributed by atoms with Crippen LogP contribution < -0.4 is 4.90 Å². The van der Waals surface area contributed by atoms with Gasteiger partial charge in [-0.15, -0.1) is 0 Å². The van der Waals surface area contributed by atoms with E-state index in [2.05, 4.69) is 31.7 Å². The van der Waals surface area contributed by atoms with E-state index < -0.39 is 0 Å². The number of benzene rings is 1. The van der Waals surface area contributed by atoms with Crippen molar-refractivity contribution in [1.82, 2.24) is 19.9 Å². The Labute approximate surface area is 134 Å². The summed E-state index contributed by atoms with van der Waals surface area (Å²) in [4.78, 5) is 17.9. The van der Waals surface area contributed by atoms with Crippen LogP contribution in [0.3, 0.4) is 0 Å². The molecule has 3 aromatic rings. The first-order chi connectivity index (χ1) is 11.3. The van der Waals surface area contributed by atoms with Crippen LogP contribution in [-0.4, -0.2) is 46.0 Å². The van der Waals surface area contributed by atoms with Gasteiger partial charge in [0.2, 0.25) is 11.8 Å². The maximum atomic E-state index is 5.90. The number of anilines is 1. The molecule has 3 heterocycles. The number of piperazine rings is 1. The SMILES string of the molecule is CC(c1nc2ccccc2o1)N1CCN(c2ncccn2)CC1. The van der Waals surface area contributed by atoms with Gasteiger partial charge in [-0.05, 0) is 25.1 Å².